The van der Waals surface area contributed by atoms with Crippen LogP contribution in [0.2, 0.25) is 0 Å². The average molecular weight is 343 g/mol. The number of benzene rings is 1. The molecule has 0 heterocycles. The zero-order valence-corrected chi connectivity index (χ0v) is 13.1. The minimum absolute atomic E-state index is 0.0627. The van der Waals surface area contributed by atoms with Crippen LogP contribution in [0.4, 0.5) is 18.9 Å². The lowest BCUT2D eigenvalue weighted by Crippen LogP contribution is -2.52. The van der Waals surface area contributed by atoms with E-state index in [1.807, 2.05) is 0 Å². The summed E-state index contributed by atoms with van der Waals surface area (Å²) in [7, 11) is 0. The van der Waals surface area contributed by atoms with Crippen molar-refractivity contribution < 1.29 is 32.3 Å². The first-order valence-corrected chi connectivity index (χ1v) is 7.12. The number of carbonyl (C=O) groups is 2. The number of nitrogens with zero attached hydrogens (tertiary/aromatic N) is 3. The third-order valence-electron chi connectivity index (χ3n) is 3.10. The number of para-hydroxylation sites is 1. The molecule has 0 aromatic heterocycles. The van der Waals surface area contributed by atoms with Crippen molar-refractivity contribution in [2.24, 2.45) is 0 Å². The maximum absolute atomic E-state index is 13.0. The number of carbonyl (C=O) groups excluding carboxylic acids is 2. The van der Waals surface area contributed by atoms with Crippen LogP contribution >= 0.6 is 0 Å². The van der Waals surface area contributed by atoms with E-state index < -0.39 is 29.8 Å². The van der Waals surface area contributed by atoms with Gasteiger partial charge in [-0.05, 0) is 25.5 Å². The second kappa shape index (κ2) is 8.26. The molecule has 0 fully saturated rings. The summed E-state index contributed by atoms with van der Waals surface area (Å²) in [5.74, 6) is -3.27. The van der Waals surface area contributed by atoms with Gasteiger partial charge in [-0.1, -0.05) is 25.1 Å². The Morgan fingerprint density at radius 3 is 2.25 bits per heavy atom. The smallest absolute Gasteiger partial charge is 0.457 e. The highest BCUT2D eigenvalue weighted by atomic mass is 19.4. The van der Waals surface area contributed by atoms with Gasteiger partial charge in [0.1, 0.15) is 6.04 Å². The molecular formula is C15H16F3N3O3. The van der Waals surface area contributed by atoms with Crippen molar-refractivity contribution in [3.8, 4) is 0 Å². The van der Waals surface area contributed by atoms with Crippen LogP contribution in [0.25, 0.3) is 5.53 Å². The highest BCUT2D eigenvalue weighted by Gasteiger charge is 2.49. The Labute approximate surface area is 136 Å². The van der Waals surface area contributed by atoms with Gasteiger partial charge in [-0.3, -0.25) is 9.69 Å². The Bertz CT molecular complexity index is 640. The summed E-state index contributed by atoms with van der Waals surface area (Å²) in [4.78, 5) is 26.9. The Morgan fingerprint density at radius 1 is 1.25 bits per heavy atom. The lowest BCUT2D eigenvalue weighted by molar-refractivity contribution is -0.171. The van der Waals surface area contributed by atoms with Gasteiger partial charge in [0.2, 0.25) is 0 Å². The Kier molecular flexibility index (Phi) is 6.67. The van der Waals surface area contributed by atoms with Gasteiger partial charge in [0, 0.05) is 5.69 Å². The molecule has 6 nitrogen and oxygen atoms in total. The molecule has 0 aliphatic rings. The minimum Gasteiger partial charge on any atom is -0.457 e. The fraction of sp³-hybridized carbons (Fsp3) is 0.400. The first kappa shape index (κ1) is 19.4. The largest absolute Gasteiger partial charge is 0.471 e. The second-order valence-corrected chi connectivity index (χ2v) is 4.64. The molecule has 0 saturated carbocycles. The number of hydrogen-bond donors (Lipinski definition) is 0. The van der Waals surface area contributed by atoms with E-state index in [1.165, 1.54) is 38.1 Å². The van der Waals surface area contributed by atoms with Gasteiger partial charge < -0.3 is 10.3 Å². The third-order valence-corrected chi connectivity index (χ3v) is 3.10. The van der Waals surface area contributed by atoms with Crippen molar-refractivity contribution in [3.63, 3.8) is 0 Å². The van der Waals surface area contributed by atoms with E-state index in [0.717, 1.165) is 0 Å². The van der Waals surface area contributed by atoms with Crippen LogP contribution in [-0.4, -0.2) is 41.2 Å². The predicted molar refractivity (Wildman–Crippen MR) is 79.3 cm³/mol. The number of hydrogen-bond acceptors (Lipinski definition) is 3. The van der Waals surface area contributed by atoms with Gasteiger partial charge in [0.05, 0.1) is 6.61 Å². The van der Waals surface area contributed by atoms with Crippen molar-refractivity contribution in [1.29, 1.82) is 0 Å². The average Bonchev–Trinajstić information content (AvgIpc) is 2.54. The van der Waals surface area contributed by atoms with Crippen LogP contribution in [-0.2, 0) is 14.3 Å². The molecule has 1 aromatic carbocycles. The fourth-order valence-corrected chi connectivity index (χ4v) is 2.11. The minimum atomic E-state index is -5.17. The normalized spacial score (nSPS) is 12.0. The Hall–Kier alpha value is -2.67. The molecule has 9 heteroatoms. The van der Waals surface area contributed by atoms with Crippen LogP contribution in [0.15, 0.2) is 30.3 Å². The molecule has 1 atom stereocenters. The molecule has 1 unspecified atom stereocenters. The number of esters is 1. The van der Waals surface area contributed by atoms with Crippen LogP contribution in [0, 0.1) is 0 Å². The Morgan fingerprint density at radius 2 is 1.83 bits per heavy atom. The van der Waals surface area contributed by atoms with Gasteiger partial charge in [0.15, 0.2) is 0 Å². The van der Waals surface area contributed by atoms with Crippen LogP contribution < -0.4 is 4.90 Å². The molecule has 0 saturated heterocycles. The van der Waals surface area contributed by atoms with E-state index in [-0.39, 0.29) is 18.7 Å². The number of anilines is 1. The lowest BCUT2D eigenvalue weighted by atomic mass is 10.1. The van der Waals surface area contributed by atoms with Crippen LogP contribution in [0.5, 0.6) is 0 Å². The molecular weight excluding hydrogens is 327 g/mol. The van der Waals surface area contributed by atoms with E-state index in [2.05, 4.69) is 9.53 Å². The number of alkyl halides is 3. The lowest BCUT2D eigenvalue weighted by Gasteiger charge is -2.28. The number of amides is 1. The molecule has 24 heavy (non-hydrogen) atoms. The Balaban J connectivity index is 3.42. The topological polar surface area (TPSA) is 83.0 Å². The van der Waals surface area contributed by atoms with Crippen molar-refractivity contribution in [2.45, 2.75) is 32.5 Å². The molecule has 1 aromatic rings. The molecule has 0 spiro atoms. The van der Waals surface area contributed by atoms with E-state index in [4.69, 9.17) is 5.53 Å². The number of rotatable bonds is 6. The summed E-state index contributed by atoms with van der Waals surface area (Å²) in [6, 6.07) is 5.58. The SMILES string of the molecule is CCOC(=O)C(=[N+]=[N-])C(CC)N(C(=O)C(F)(F)F)c1ccccc1. The summed E-state index contributed by atoms with van der Waals surface area (Å²) in [5.41, 5.74) is 8.31. The molecule has 0 bridgehead atoms. The zero-order valence-electron chi connectivity index (χ0n) is 13.1. The van der Waals surface area contributed by atoms with Gasteiger partial charge >= 0.3 is 23.8 Å². The van der Waals surface area contributed by atoms with Crippen LogP contribution in [0.3, 0.4) is 0 Å². The summed E-state index contributed by atoms with van der Waals surface area (Å²) in [5, 5.41) is 0. The van der Waals surface area contributed by atoms with E-state index >= 15 is 0 Å². The van der Waals surface area contributed by atoms with Crippen molar-refractivity contribution in [2.75, 3.05) is 11.5 Å². The maximum atomic E-state index is 13.0. The van der Waals surface area contributed by atoms with Crippen LogP contribution in [0.1, 0.15) is 20.3 Å². The van der Waals surface area contributed by atoms with Crippen molar-refractivity contribution in [3.05, 3.63) is 35.9 Å². The molecule has 0 aliphatic heterocycles. The van der Waals surface area contributed by atoms with E-state index in [9.17, 15) is 22.8 Å². The molecule has 1 rings (SSSR count). The quantitative estimate of drug-likeness (QED) is 0.344. The summed E-state index contributed by atoms with van der Waals surface area (Å²) in [6.07, 6.45) is -5.27. The van der Waals surface area contributed by atoms with Gasteiger partial charge in [-0.25, -0.2) is 4.79 Å². The van der Waals surface area contributed by atoms with Crippen molar-refractivity contribution >= 4 is 23.3 Å². The second-order valence-electron chi connectivity index (χ2n) is 4.64. The monoisotopic (exact) mass is 343 g/mol. The maximum Gasteiger partial charge on any atom is 0.471 e. The fourth-order valence-electron chi connectivity index (χ4n) is 2.11. The van der Waals surface area contributed by atoms with Gasteiger partial charge in [0.25, 0.3) is 0 Å². The first-order chi connectivity index (χ1) is 11.3. The molecule has 0 N–H and O–H groups in total. The number of ether oxygens (including phenoxy) is 1. The zero-order chi connectivity index (χ0) is 18.3. The highest BCUT2D eigenvalue weighted by Crippen LogP contribution is 2.27. The molecule has 0 aliphatic carbocycles. The first-order valence-electron chi connectivity index (χ1n) is 7.12. The standard InChI is InChI=1S/C15H16F3N3O3/c1-3-11(12(20-19)13(22)24-4-2)21(14(23)15(16,17)18)10-8-6-5-7-9-10/h5-9,11H,3-4H2,1-2H3. The molecule has 1 amide bonds. The molecule has 0 radical (unpaired) electrons. The number of halogens is 3. The predicted octanol–water partition coefficient (Wildman–Crippen LogP) is 2.59. The van der Waals surface area contributed by atoms with E-state index in [0.29, 0.717) is 4.90 Å². The highest BCUT2D eigenvalue weighted by molar-refractivity contribution is 6.37. The summed E-state index contributed by atoms with van der Waals surface area (Å²) >= 11 is 0. The summed E-state index contributed by atoms with van der Waals surface area (Å²) in [6.45, 7) is 2.88. The molecule has 130 valence electrons. The van der Waals surface area contributed by atoms with E-state index in [1.54, 1.807) is 6.07 Å². The van der Waals surface area contributed by atoms with Gasteiger partial charge in [-0.2, -0.15) is 18.0 Å². The summed E-state index contributed by atoms with van der Waals surface area (Å²) < 4.78 is 43.6. The third kappa shape index (κ3) is 4.42. The van der Waals surface area contributed by atoms with Gasteiger partial charge in [-0.15, -0.1) is 0 Å². The van der Waals surface area contributed by atoms with Crippen molar-refractivity contribution in [1.82, 2.24) is 0 Å².